The second-order valence-electron chi connectivity index (χ2n) is 4.41. The third kappa shape index (κ3) is 3.73. The Morgan fingerprint density at radius 3 is 2.72 bits per heavy atom. The zero-order valence-corrected chi connectivity index (χ0v) is 14.2. The molecule has 0 radical (unpaired) electrons. The predicted molar refractivity (Wildman–Crippen MR) is 69.6 cm³/mol. The number of ether oxygens (including phenoxy) is 1. The third-order valence-electron chi connectivity index (χ3n) is 3.17. The van der Waals surface area contributed by atoms with Gasteiger partial charge in [-0.05, 0) is 49.4 Å². The topological polar surface area (TPSA) is 46.5 Å². The molecule has 5 heteroatoms. The normalized spacial score (nSPS) is 16.3. The first kappa shape index (κ1) is 16.0. The van der Waals surface area contributed by atoms with Gasteiger partial charge >= 0.3 is 35.5 Å². The summed E-state index contributed by atoms with van der Waals surface area (Å²) < 4.78 is 6.51. The van der Waals surface area contributed by atoms with E-state index in [-0.39, 0.29) is 31.0 Å². The van der Waals surface area contributed by atoms with Crippen LogP contribution in [0.2, 0.25) is 0 Å². The van der Waals surface area contributed by atoms with Crippen molar-refractivity contribution >= 4 is 21.9 Å². The zero-order chi connectivity index (χ0) is 12.4. The zero-order valence-electron chi connectivity index (χ0n) is 11.6. The monoisotopic (exact) mass is 322 g/mol. The molecule has 94 valence electrons. The summed E-state index contributed by atoms with van der Waals surface area (Å²) in [6.45, 7) is 1.55. The summed E-state index contributed by atoms with van der Waals surface area (Å²) >= 11 is 3.44. The number of benzene rings is 1. The van der Waals surface area contributed by atoms with Gasteiger partial charge in [0.1, 0.15) is 5.75 Å². The molecular formula is C13H16BrNaO3. The molecule has 1 fully saturated rings. The molecule has 0 aromatic heterocycles. The predicted octanol–water partition coefficient (Wildman–Crippen LogP) is 0.685. The van der Waals surface area contributed by atoms with E-state index in [1.165, 1.54) is 6.42 Å². The quantitative estimate of drug-likeness (QED) is 0.829. The van der Waals surface area contributed by atoms with Crippen LogP contribution in [0.4, 0.5) is 0 Å². The van der Waals surface area contributed by atoms with E-state index in [1.54, 1.807) is 6.92 Å². The van der Waals surface area contributed by atoms with Crippen molar-refractivity contribution in [2.75, 3.05) is 0 Å². The smallest absolute Gasteiger partial charge is 1.00 e. The summed E-state index contributed by atoms with van der Waals surface area (Å²) in [6, 6.07) is 5.76. The number of hydrogen-bond donors (Lipinski definition) is 1. The van der Waals surface area contributed by atoms with Crippen LogP contribution in [0.3, 0.4) is 0 Å². The number of rotatable bonds is 4. The minimum Gasteiger partial charge on any atom is -1.00 e. The summed E-state index contributed by atoms with van der Waals surface area (Å²) in [4.78, 5) is 10.8. The van der Waals surface area contributed by atoms with E-state index in [9.17, 15) is 4.79 Å². The molecule has 0 unspecified atom stereocenters. The minimum absolute atomic E-state index is 0. The number of carbonyl (C=O) groups is 1. The number of halogens is 1. The van der Waals surface area contributed by atoms with Gasteiger partial charge in [0.25, 0.3) is 0 Å². The Bertz CT molecular complexity index is 438. The summed E-state index contributed by atoms with van der Waals surface area (Å²) in [7, 11) is 0. The molecule has 3 nitrogen and oxygen atoms in total. The molecule has 1 aromatic carbocycles. The van der Waals surface area contributed by atoms with Gasteiger partial charge < -0.3 is 11.3 Å². The molecule has 0 heterocycles. The average molecular weight is 323 g/mol. The fourth-order valence-electron chi connectivity index (χ4n) is 1.91. The molecule has 0 amide bonds. The number of carboxylic acids is 1. The number of hydrogen-bond acceptors (Lipinski definition) is 2. The first-order chi connectivity index (χ1) is 8.08. The van der Waals surface area contributed by atoms with Gasteiger partial charge in [0.05, 0.1) is 0 Å². The first-order valence-corrected chi connectivity index (χ1v) is 6.56. The number of carboxylic acid groups (broad SMARTS) is 1. The SMILES string of the molecule is C[C@H](Oc1ccc(Br)cc1C1CCC1)C(=O)O.[H-].[Na+]. The molecule has 0 saturated heterocycles. The molecule has 0 spiro atoms. The molecule has 1 N–H and O–H groups in total. The van der Waals surface area contributed by atoms with Gasteiger partial charge in [-0.3, -0.25) is 0 Å². The fraction of sp³-hybridized carbons (Fsp3) is 0.462. The van der Waals surface area contributed by atoms with Crippen molar-refractivity contribution in [3.05, 3.63) is 28.2 Å². The average Bonchev–Trinajstić information content (AvgIpc) is 2.19. The van der Waals surface area contributed by atoms with Crippen LogP contribution in [0.25, 0.3) is 0 Å². The molecule has 2 rings (SSSR count). The van der Waals surface area contributed by atoms with E-state index in [1.807, 2.05) is 18.2 Å². The van der Waals surface area contributed by atoms with Gasteiger partial charge in [-0.15, -0.1) is 0 Å². The van der Waals surface area contributed by atoms with E-state index in [2.05, 4.69) is 15.9 Å². The van der Waals surface area contributed by atoms with Gasteiger partial charge in [0.2, 0.25) is 0 Å². The largest absolute Gasteiger partial charge is 1.00 e. The summed E-state index contributed by atoms with van der Waals surface area (Å²) in [5.74, 6) is 0.281. The molecule has 18 heavy (non-hydrogen) atoms. The Morgan fingerprint density at radius 1 is 1.56 bits per heavy atom. The van der Waals surface area contributed by atoms with Crippen LogP contribution in [0.15, 0.2) is 22.7 Å². The van der Waals surface area contributed by atoms with Crippen LogP contribution >= 0.6 is 15.9 Å². The second-order valence-corrected chi connectivity index (χ2v) is 5.32. The molecule has 1 atom stereocenters. The molecule has 0 aliphatic heterocycles. The molecular weight excluding hydrogens is 307 g/mol. The van der Waals surface area contributed by atoms with Gasteiger partial charge in [-0.1, -0.05) is 22.4 Å². The van der Waals surface area contributed by atoms with E-state index < -0.39 is 12.1 Å². The summed E-state index contributed by atoms with van der Waals surface area (Å²) in [5.41, 5.74) is 1.12. The van der Waals surface area contributed by atoms with Crippen molar-refractivity contribution in [3.8, 4) is 5.75 Å². The van der Waals surface area contributed by atoms with Crippen LogP contribution < -0.4 is 34.3 Å². The van der Waals surface area contributed by atoms with Crippen molar-refractivity contribution in [3.63, 3.8) is 0 Å². The standard InChI is InChI=1S/C13H15BrO3.Na.H/c1-8(13(15)16)17-12-6-5-10(14)7-11(12)9-3-2-4-9;;/h5-9H,2-4H2,1H3,(H,15,16);;/q;+1;-1/t8-;;/m0../s1. The molecule has 1 aromatic rings. The molecule has 1 saturated carbocycles. The van der Waals surface area contributed by atoms with Crippen LogP contribution in [0, 0.1) is 0 Å². The van der Waals surface area contributed by atoms with Crippen LogP contribution in [-0.4, -0.2) is 17.2 Å². The summed E-state index contributed by atoms with van der Waals surface area (Å²) in [6.07, 6.45) is 2.75. The van der Waals surface area contributed by atoms with Crippen LogP contribution in [0.1, 0.15) is 39.1 Å². The maximum absolute atomic E-state index is 10.8. The Hall–Kier alpha value is -0.0300. The Morgan fingerprint density at radius 2 is 2.22 bits per heavy atom. The molecule has 0 bridgehead atoms. The van der Waals surface area contributed by atoms with E-state index in [0.29, 0.717) is 11.7 Å². The van der Waals surface area contributed by atoms with Gasteiger partial charge in [-0.25, -0.2) is 4.79 Å². The van der Waals surface area contributed by atoms with Crippen LogP contribution in [-0.2, 0) is 4.79 Å². The van der Waals surface area contributed by atoms with Crippen molar-refractivity contribution in [1.82, 2.24) is 0 Å². The maximum atomic E-state index is 10.8. The minimum atomic E-state index is -0.938. The van der Waals surface area contributed by atoms with E-state index in [0.717, 1.165) is 22.9 Å². The van der Waals surface area contributed by atoms with E-state index >= 15 is 0 Å². The van der Waals surface area contributed by atoms with Gasteiger partial charge in [0.15, 0.2) is 6.10 Å². The Kier molecular flexibility index (Phi) is 6.18. The van der Waals surface area contributed by atoms with Gasteiger partial charge in [-0.2, -0.15) is 0 Å². The fourth-order valence-corrected chi connectivity index (χ4v) is 2.28. The molecule has 1 aliphatic rings. The molecule has 1 aliphatic carbocycles. The van der Waals surface area contributed by atoms with Crippen molar-refractivity contribution in [1.29, 1.82) is 0 Å². The Balaban J connectivity index is 0.00000162. The van der Waals surface area contributed by atoms with Gasteiger partial charge in [0, 0.05) is 4.47 Å². The maximum Gasteiger partial charge on any atom is 1.00 e. The van der Waals surface area contributed by atoms with Crippen molar-refractivity contribution in [2.24, 2.45) is 0 Å². The van der Waals surface area contributed by atoms with Crippen LogP contribution in [0.5, 0.6) is 5.75 Å². The number of aliphatic carboxylic acids is 1. The third-order valence-corrected chi connectivity index (χ3v) is 3.66. The van der Waals surface area contributed by atoms with E-state index in [4.69, 9.17) is 9.84 Å². The van der Waals surface area contributed by atoms with Crippen molar-refractivity contribution < 1.29 is 45.6 Å². The van der Waals surface area contributed by atoms with Crippen molar-refractivity contribution in [2.45, 2.75) is 38.2 Å². The summed E-state index contributed by atoms with van der Waals surface area (Å²) in [5, 5.41) is 8.86. The Labute approximate surface area is 139 Å². The first-order valence-electron chi connectivity index (χ1n) is 5.77. The second kappa shape index (κ2) is 6.94.